The molecule has 1 N–H and O–H groups in total. The first-order chi connectivity index (χ1) is 9.61. The first-order valence-corrected chi connectivity index (χ1v) is 8.12. The molecule has 20 heavy (non-hydrogen) atoms. The number of hydrogen-bond acceptors (Lipinski definition) is 5. The van der Waals surface area contributed by atoms with Gasteiger partial charge in [0.1, 0.15) is 5.82 Å². The maximum atomic E-state index is 4.69. The van der Waals surface area contributed by atoms with Gasteiger partial charge in [-0.2, -0.15) is 4.98 Å². The molecule has 0 aromatic carbocycles. The minimum atomic E-state index is 0.452. The first-order valence-electron chi connectivity index (χ1n) is 7.33. The SMILES string of the molecule is CCCNc1ncc(Br)c(N2CCCN(C)CC2C)n1. The van der Waals surface area contributed by atoms with Crippen molar-refractivity contribution in [1.29, 1.82) is 0 Å². The van der Waals surface area contributed by atoms with E-state index in [1.54, 1.807) is 0 Å². The molecule has 5 nitrogen and oxygen atoms in total. The van der Waals surface area contributed by atoms with Crippen LogP contribution in [0.15, 0.2) is 10.7 Å². The van der Waals surface area contributed by atoms with E-state index in [0.29, 0.717) is 6.04 Å². The maximum absolute atomic E-state index is 4.69. The summed E-state index contributed by atoms with van der Waals surface area (Å²) in [5.41, 5.74) is 0. The van der Waals surface area contributed by atoms with Gasteiger partial charge in [0.15, 0.2) is 0 Å². The molecule has 0 amide bonds. The molecule has 2 heterocycles. The summed E-state index contributed by atoms with van der Waals surface area (Å²) >= 11 is 3.59. The van der Waals surface area contributed by atoms with Gasteiger partial charge in [-0.05, 0) is 49.3 Å². The summed E-state index contributed by atoms with van der Waals surface area (Å²) in [4.78, 5) is 13.8. The Balaban J connectivity index is 2.20. The van der Waals surface area contributed by atoms with E-state index in [4.69, 9.17) is 0 Å². The second-order valence-corrected chi connectivity index (χ2v) is 6.30. The van der Waals surface area contributed by atoms with E-state index in [1.165, 1.54) is 0 Å². The van der Waals surface area contributed by atoms with Gasteiger partial charge in [-0.15, -0.1) is 0 Å². The van der Waals surface area contributed by atoms with E-state index in [0.717, 1.165) is 55.3 Å². The molecular weight excluding hydrogens is 318 g/mol. The molecule has 1 aromatic rings. The maximum Gasteiger partial charge on any atom is 0.224 e. The molecule has 1 atom stereocenters. The van der Waals surface area contributed by atoms with Crippen LogP contribution in [0.25, 0.3) is 0 Å². The fraction of sp³-hybridized carbons (Fsp3) is 0.714. The predicted octanol–water partition coefficient (Wildman–Crippen LogP) is 2.59. The molecule has 1 aliphatic rings. The van der Waals surface area contributed by atoms with E-state index in [9.17, 15) is 0 Å². The quantitative estimate of drug-likeness (QED) is 0.911. The van der Waals surface area contributed by atoms with Crippen LogP contribution in [-0.4, -0.2) is 54.1 Å². The molecule has 1 aliphatic heterocycles. The molecular formula is C14H24BrN5. The van der Waals surface area contributed by atoms with Crippen molar-refractivity contribution >= 4 is 27.7 Å². The molecule has 0 aliphatic carbocycles. The number of halogens is 1. The van der Waals surface area contributed by atoms with Gasteiger partial charge in [0.25, 0.3) is 0 Å². The molecule has 1 fully saturated rings. The molecule has 0 spiro atoms. The molecule has 1 saturated heterocycles. The highest BCUT2D eigenvalue weighted by Crippen LogP contribution is 2.27. The Morgan fingerprint density at radius 1 is 1.45 bits per heavy atom. The van der Waals surface area contributed by atoms with Crippen molar-refractivity contribution in [3.63, 3.8) is 0 Å². The van der Waals surface area contributed by atoms with Gasteiger partial charge < -0.3 is 15.1 Å². The Kier molecular flexibility index (Phi) is 5.60. The summed E-state index contributed by atoms with van der Waals surface area (Å²) in [6.07, 6.45) is 4.08. The summed E-state index contributed by atoms with van der Waals surface area (Å²) in [7, 11) is 2.18. The average Bonchev–Trinajstić information content (AvgIpc) is 2.58. The lowest BCUT2D eigenvalue weighted by atomic mass is 10.2. The second-order valence-electron chi connectivity index (χ2n) is 5.45. The molecule has 1 aromatic heterocycles. The van der Waals surface area contributed by atoms with Crippen LogP contribution in [-0.2, 0) is 0 Å². The van der Waals surface area contributed by atoms with Crippen LogP contribution in [0.2, 0.25) is 0 Å². The van der Waals surface area contributed by atoms with Gasteiger partial charge in [-0.1, -0.05) is 6.92 Å². The lowest BCUT2D eigenvalue weighted by molar-refractivity contribution is 0.337. The Morgan fingerprint density at radius 2 is 2.25 bits per heavy atom. The van der Waals surface area contributed by atoms with Crippen LogP contribution in [0, 0.1) is 0 Å². The number of likely N-dealkylation sites (N-methyl/N-ethyl adjacent to an activating group) is 1. The summed E-state index contributed by atoms with van der Waals surface area (Å²) in [6, 6.07) is 0.452. The highest BCUT2D eigenvalue weighted by Gasteiger charge is 2.23. The normalized spacial score (nSPS) is 20.8. The smallest absolute Gasteiger partial charge is 0.224 e. The zero-order chi connectivity index (χ0) is 14.5. The van der Waals surface area contributed by atoms with Crippen molar-refractivity contribution in [3.05, 3.63) is 10.7 Å². The highest BCUT2D eigenvalue weighted by atomic mass is 79.9. The van der Waals surface area contributed by atoms with Gasteiger partial charge in [0.2, 0.25) is 5.95 Å². The van der Waals surface area contributed by atoms with Gasteiger partial charge >= 0.3 is 0 Å². The molecule has 0 radical (unpaired) electrons. The number of nitrogens with zero attached hydrogens (tertiary/aromatic N) is 4. The molecule has 1 unspecified atom stereocenters. The predicted molar refractivity (Wildman–Crippen MR) is 87.4 cm³/mol. The summed E-state index contributed by atoms with van der Waals surface area (Å²) in [5.74, 6) is 1.72. The fourth-order valence-electron chi connectivity index (χ4n) is 2.57. The number of nitrogens with one attached hydrogen (secondary N) is 1. The highest BCUT2D eigenvalue weighted by molar-refractivity contribution is 9.10. The van der Waals surface area contributed by atoms with Crippen molar-refractivity contribution < 1.29 is 0 Å². The number of hydrogen-bond donors (Lipinski definition) is 1. The van der Waals surface area contributed by atoms with Crippen LogP contribution < -0.4 is 10.2 Å². The van der Waals surface area contributed by atoms with Crippen LogP contribution in [0.5, 0.6) is 0 Å². The van der Waals surface area contributed by atoms with Crippen LogP contribution >= 0.6 is 15.9 Å². The van der Waals surface area contributed by atoms with Crippen molar-refractivity contribution in [3.8, 4) is 0 Å². The third kappa shape index (κ3) is 3.82. The van der Waals surface area contributed by atoms with Gasteiger partial charge in [-0.3, -0.25) is 0 Å². The third-order valence-corrected chi connectivity index (χ3v) is 4.14. The van der Waals surface area contributed by atoms with Crippen molar-refractivity contribution in [1.82, 2.24) is 14.9 Å². The number of aromatic nitrogens is 2. The van der Waals surface area contributed by atoms with Crippen LogP contribution in [0.1, 0.15) is 26.7 Å². The third-order valence-electron chi connectivity index (χ3n) is 3.58. The molecule has 6 heteroatoms. The largest absolute Gasteiger partial charge is 0.354 e. The van der Waals surface area contributed by atoms with Gasteiger partial charge in [0, 0.05) is 31.9 Å². The van der Waals surface area contributed by atoms with Crippen molar-refractivity contribution in [2.24, 2.45) is 0 Å². The number of anilines is 2. The minimum Gasteiger partial charge on any atom is -0.354 e. The van der Waals surface area contributed by atoms with Crippen LogP contribution in [0.4, 0.5) is 11.8 Å². The van der Waals surface area contributed by atoms with Crippen LogP contribution in [0.3, 0.4) is 0 Å². The molecule has 0 saturated carbocycles. The topological polar surface area (TPSA) is 44.3 Å². The summed E-state index contributed by atoms with van der Waals surface area (Å²) < 4.78 is 0.968. The lowest BCUT2D eigenvalue weighted by Gasteiger charge is -2.30. The molecule has 0 bridgehead atoms. The summed E-state index contributed by atoms with van der Waals surface area (Å²) in [6.45, 7) is 8.54. The van der Waals surface area contributed by atoms with E-state index < -0.39 is 0 Å². The lowest BCUT2D eigenvalue weighted by Crippen LogP contribution is -2.38. The van der Waals surface area contributed by atoms with Gasteiger partial charge in [-0.25, -0.2) is 4.98 Å². The zero-order valence-corrected chi connectivity index (χ0v) is 14.2. The number of rotatable bonds is 4. The average molecular weight is 342 g/mol. The van der Waals surface area contributed by atoms with Gasteiger partial charge in [0.05, 0.1) is 4.47 Å². The van der Waals surface area contributed by atoms with E-state index in [-0.39, 0.29) is 0 Å². The fourth-order valence-corrected chi connectivity index (χ4v) is 2.99. The first kappa shape index (κ1) is 15.5. The monoisotopic (exact) mass is 341 g/mol. The van der Waals surface area contributed by atoms with E-state index in [1.807, 2.05) is 6.20 Å². The second kappa shape index (κ2) is 7.22. The Bertz CT molecular complexity index is 440. The Labute approximate surface area is 129 Å². The Hall–Kier alpha value is -0.880. The standard InChI is InChI=1S/C14H24BrN5/c1-4-6-16-14-17-9-12(15)13(18-14)20-8-5-7-19(3)10-11(20)2/h9,11H,4-8,10H2,1-3H3,(H,16,17,18). The minimum absolute atomic E-state index is 0.452. The van der Waals surface area contributed by atoms with E-state index >= 15 is 0 Å². The Morgan fingerprint density at radius 3 is 3.00 bits per heavy atom. The zero-order valence-electron chi connectivity index (χ0n) is 12.6. The van der Waals surface area contributed by atoms with Crippen molar-refractivity contribution in [2.45, 2.75) is 32.7 Å². The molecule has 112 valence electrons. The van der Waals surface area contributed by atoms with E-state index in [2.05, 4.69) is 61.9 Å². The van der Waals surface area contributed by atoms with Crippen molar-refractivity contribution in [2.75, 3.05) is 43.4 Å². The molecule has 2 rings (SSSR count). The summed E-state index contributed by atoms with van der Waals surface area (Å²) in [5, 5.41) is 3.26.